The van der Waals surface area contributed by atoms with E-state index in [1.807, 2.05) is 30.3 Å². The van der Waals surface area contributed by atoms with Gasteiger partial charge in [0.2, 0.25) is 17.5 Å². The minimum absolute atomic E-state index is 0.429. The lowest BCUT2D eigenvalue weighted by Crippen LogP contribution is -1.83. The number of aryl methyl sites for hydroxylation is 1. The lowest BCUT2D eigenvalue weighted by atomic mass is 10.1. The van der Waals surface area contributed by atoms with E-state index in [0.29, 0.717) is 22.5 Å². The second-order valence-electron chi connectivity index (χ2n) is 4.83. The van der Waals surface area contributed by atoms with Gasteiger partial charge in [0.05, 0.1) is 5.56 Å². The van der Waals surface area contributed by atoms with Crippen LogP contribution in [0.25, 0.3) is 33.7 Å². The van der Waals surface area contributed by atoms with E-state index in [9.17, 15) is 0 Å². The van der Waals surface area contributed by atoms with E-state index in [1.54, 1.807) is 19.4 Å². The maximum Gasteiger partial charge on any atom is 0.249 e. The van der Waals surface area contributed by atoms with Gasteiger partial charge in [-0.1, -0.05) is 29.8 Å². The van der Waals surface area contributed by atoms with Crippen LogP contribution in [0.1, 0.15) is 5.89 Å². The largest absolute Gasteiger partial charge is 0.445 e. The maximum absolute atomic E-state index is 6.27. The van der Waals surface area contributed by atoms with Gasteiger partial charge in [-0.2, -0.15) is 0 Å². The number of fused-ring (bicyclic) bond motifs is 1. The van der Waals surface area contributed by atoms with E-state index in [-0.39, 0.29) is 0 Å². The van der Waals surface area contributed by atoms with Crippen LogP contribution in [0.3, 0.4) is 0 Å². The van der Waals surface area contributed by atoms with Crippen LogP contribution in [0.5, 0.6) is 0 Å². The Hall–Kier alpha value is -2.66. The molecule has 22 heavy (non-hydrogen) atoms. The monoisotopic (exact) mass is 311 g/mol. The molecule has 0 unspecified atom stereocenters. The van der Waals surface area contributed by atoms with Crippen molar-refractivity contribution >= 4 is 22.7 Å². The van der Waals surface area contributed by atoms with Crippen LogP contribution in [0, 0.1) is 6.92 Å². The average molecular weight is 312 g/mol. The fraction of sp³-hybridized carbons (Fsp3) is 0.0625. The van der Waals surface area contributed by atoms with E-state index >= 15 is 0 Å². The van der Waals surface area contributed by atoms with Gasteiger partial charge in [-0.15, -0.1) is 10.2 Å². The van der Waals surface area contributed by atoms with Crippen LogP contribution in [-0.4, -0.2) is 15.2 Å². The molecule has 3 aromatic heterocycles. The molecule has 0 radical (unpaired) electrons. The van der Waals surface area contributed by atoms with Crippen molar-refractivity contribution in [1.29, 1.82) is 0 Å². The maximum atomic E-state index is 6.27. The third kappa shape index (κ3) is 2.07. The van der Waals surface area contributed by atoms with Crippen molar-refractivity contribution in [3.63, 3.8) is 0 Å². The topological polar surface area (TPSA) is 65.0 Å². The van der Waals surface area contributed by atoms with E-state index in [1.165, 1.54) is 0 Å². The number of pyridine rings is 1. The molecule has 0 aliphatic carbocycles. The van der Waals surface area contributed by atoms with Gasteiger partial charge in [-0.05, 0) is 12.1 Å². The van der Waals surface area contributed by atoms with Crippen LogP contribution in [0.4, 0.5) is 0 Å². The zero-order chi connectivity index (χ0) is 15.1. The summed E-state index contributed by atoms with van der Waals surface area (Å²) in [5.41, 5.74) is 3.05. The molecule has 5 nitrogen and oxygen atoms in total. The summed E-state index contributed by atoms with van der Waals surface area (Å²) in [6.45, 7) is 1.75. The van der Waals surface area contributed by atoms with E-state index in [4.69, 9.17) is 20.4 Å². The van der Waals surface area contributed by atoms with Gasteiger partial charge in [-0.3, -0.25) is 0 Å². The van der Waals surface area contributed by atoms with Gasteiger partial charge in [0, 0.05) is 34.7 Å². The lowest BCUT2D eigenvalue weighted by Gasteiger charge is -2.01. The molecule has 108 valence electrons. The van der Waals surface area contributed by atoms with Gasteiger partial charge in [0.1, 0.15) is 6.26 Å². The fourth-order valence-corrected chi connectivity index (χ4v) is 2.57. The van der Waals surface area contributed by atoms with Gasteiger partial charge >= 0.3 is 0 Å². The average Bonchev–Trinajstić information content (AvgIpc) is 3.13. The van der Waals surface area contributed by atoms with Crippen molar-refractivity contribution in [2.75, 3.05) is 0 Å². The summed E-state index contributed by atoms with van der Waals surface area (Å²) in [4.78, 5) is 4.31. The van der Waals surface area contributed by atoms with Gasteiger partial charge in [0.15, 0.2) is 0 Å². The van der Waals surface area contributed by atoms with E-state index in [2.05, 4.69) is 15.2 Å². The summed E-state index contributed by atoms with van der Waals surface area (Å²) < 4.78 is 11.0. The highest BCUT2D eigenvalue weighted by atomic mass is 35.5. The van der Waals surface area contributed by atoms with Crippen molar-refractivity contribution in [1.82, 2.24) is 15.2 Å². The van der Waals surface area contributed by atoms with E-state index in [0.717, 1.165) is 22.1 Å². The standard InChI is InChI=1S/C16H10ClN3O2/c1-9-19-20-15(22-9)10-6-12-13(8-21-16(12)18-7-10)11-4-2-3-5-14(11)17/h2-8H,1H3. The second kappa shape index (κ2) is 4.96. The summed E-state index contributed by atoms with van der Waals surface area (Å²) >= 11 is 6.27. The van der Waals surface area contributed by atoms with Crippen molar-refractivity contribution in [2.24, 2.45) is 0 Å². The summed E-state index contributed by atoms with van der Waals surface area (Å²) in [5.74, 6) is 0.937. The Balaban J connectivity index is 1.92. The number of nitrogens with zero attached hydrogens (tertiary/aromatic N) is 3. The Morgan fingerprint density at radius 3 is 2.73 bits per heavy atom. The molecule has 3 heterocycles. The molecule has 0 fully saturated rings. The molecule has 0 N–H and O–H groups in total. The molecule has 4 aromatic rings. The summed E-state index contributed by atoms with van der Waals surface area (Å²) in [7, 11) is 0. The number of furan rings is 1. The molecule has 0 aliphatic heterocycles. The highest BCUT2D eigenvalue weighted by Gasteiger charge is 2.14. The van der Waals surface area contributed by atoms with Crippen molar-refractivity contribution < 1.29 is 8.83 Å². The van der Waals surface area contributed by atoms with Crippen LogP contribution >= 0.6 is 11.6 Å². The number of halogens is 1. The van der Waals surface area contributed by atoms with Crippen molar-refractivity contribution in [2.45, 2.75) is 6.92 Å². The molecule has 0 saturated carbocycles. The zero-order valence-electron chi connectivity index (χ0n) is 11.6. The first-order valence-corrected chi connectivity index (χ1v) is 7.03. The molecule has 0 aliphatic rings. The molecule has 0 saturated heterocycles. The molecule has 0 amide bonds. The molecule has 0 bridgehead atoms. The first-order chi connectivity index (χ1) is 10.7. The first kappa shape index (κ1) is 13.0. The molecular formula is C16H10ClN3O2. The lowest BCUT2D eigenvalue weighted by molar-refractivity contribution is 0.532. The highest BCUT2D eigenvalue weighted by Crippen LogP contribution is 2.35. The molecule has 4 rings (SSSR count). The van der Waals surface area contributed by atoms with Crippen LogP contribution < -0.4 is 0 Å². The zero-order valence-corrected chi connectivity index (χ0v) is 12.3. The number of rotatable bonds is 2. The Labute approximate surface area is 130 Å². The SMILES string of the molecule is Cc1nnc(-c2cnc3occ(-c4ccccc4Cl)c3c2)o1. The third-order valence-corrected chi connectivity index (χ3v) is 3.70. The predicted octanol–water partition coefficient (Wildman–Crippen LogP) is 4.51. The predicted molar refractivity (Wildman–Crippen MR) is 82.5 cm³/mol. The third-order valence-electron chi connectivity index (χ3n) is 3.37. The minimum Gasteiger partial charge on any atom is -0.445 e. The van der Waals surface area contributed by atoms with Crippen molar-refractivity contribution in [3.05, 3.63) is 53.7 Å². The Morgan fingerprint density at radius 2 is 1.95 bits per heavy atom. The Bertz CT molecular complexity index is 974. The summed E-state index contributed by atoms with van der Waals surface area (Å²) in [6, 6.07) is 9.51. The molecule has 0 atom stereocenters. The fourth-order valence-electron chi connectivity index (χ4n) is 2.34. The first-order valence-electron chi connectivity index (χ1n) is 6.65. The number of hydrogen-bond donors (Lipinski definition) is 0. The number of hydrogen-bond acceptors (Lipinski definition) is 5. The number of aromatic nitrogens is 3. The Morgan fingerprint density at radius 1 is 1.09 bits per heavy atom. The van der Waals surface area contributed by atoms with E-state index < -0.39 is 0 Å². The smallest absolute Gasteiger partial charge is 0.249 e. The Kier molecular flexibility index (Phi) is 2.94. The minimum atomic E-state index is 0.429. The molecular weight excluding hydrogens is 302 g/mol. The van der Waals surface area contributed by atoms with Crippen LogP contribution in [0.2, 0.25) is 5.02 Å². The second-order valence-corrected chi connectivity index (χ2v) is 5.24. The van der Waals surface area contributed by atoms with Gasteiger partial charge in [-0.25, -0.2) is 4.98 Å². The molecule has 0 spiro atoms. The summed E-state index contributed by atoms with van der Waals surface area (Å²) in [6.07, 6.45) is 3.30. The quantitative estimate of drug-likeness (QED) is 0.545. The summed E-state index contributed by atoms with van der Waals surface area (Å²) in [5, 5.41) is 9.36. The van der Waals surface area contributed by atoms with Crippen molar-refractivity contribution in [3.8, 4) is 22.6 Å². The normalized spacial score (nSPS) is 11.2. The van der Waals surface area contributed by atoms with Gasteiger partial charge < -0.3 is 8.83 Å². The van der Waals surface area contributed by atoms with Gasteiger partial charge in [0.25, 0.3) is 0 Å². The highest BCUT2D eigenvalue weighted by molar-refractivity contribution is 6.33. The number of benzene rings is 1. The molecule has 6 heteroatoms. The van der Waals surface area contributed by atoms with Crippen LogP contribution in [0.15, 0.2) is 51.6 Å². The molecule has 1 aromatic carbocycles. The van der Waals surface area contributed by atoms with Crippen LogP contribution in [-0.2, 0) is 0 Å².